The molecule has 26 heavy (non-hydrogen) atoms. The maximum Gasteiger partial charge on any atom is 0.338 e. The van der Waals surface area contributed by atoms with Crippen molar-refractivity contribution in [3.05, 3.63) is 58.7 Å². The number of hydrogen-bond donors (Lipinski definition) is 0. The van der Waals surface area contributed by atoms with Gasteiger partial charge in [0.25, 0.3) is 0 Å². The molecule has 0 bridgehead atoms. The zero-order valence-corrected chi connectivity index (χ0v) is 14.6. The molecular weight excluding hydrogens is 332 g/mol. The highest BCUT2D eigenvalue weighted by Gasteiger charge is 2.23. The first kappa shape index (κ1) is 16.6. The average molecular weight is 352 g/mol. The molecule has 0 amide bonds. The van der Waals surface area contributed by atoms with Gasteiger partial charge in [-0.3, -0.25) is 4.79 Å². The van der Waals surface area contributed by atoms with Crippen molar-refractivity contribution in [3.63, 3.8) is 0 Å². The number of carbonyl (C=O) groups excluding carboxylic acids is 2. The van der Waals surface area contributed by atoms with E-state index in [0.29, 0.717) is 35.8 Å². The third-order valence-corrected chi connectivity index (χ3v) is 4.81. The molecule has 0 fully saturated rings. The van der Waals surface area contributed by atoms with E-state index in [1.165, 1.54) is 11.1 Å². The summed E-state index contributed by atoms with van der Waals surface area (Å²) < 4.78 is 16.3. The Hall–Kier alpha value is -2.82. The van der Waals surface area contributed by atoms with Gasteiger partial charge in [0.05, 0.1) is 5.56 Å². The van der Waals surface area contributed by atoms with E-state index >= 15 is 0 Å². The maximum absolute atomic E-state index is 12.6. The van der Waals surface area contributed by atoms with Gasteiger partial charge in [-0.25, -0.2) is 4.79 Å². The van der Waals surface area contributed by atoms with Gasteiger partial charge in [0.2, 0.25) is 5.78 Å². The molecule has 0 saturated heterocycles. The van der Waals surface area contributed by atoms with Gasteiger partial charge in [-0.2, -0.15) is 0 Å². The summed E-state index contributed by atoms with van der Waals surface area (Å²) in [6, 6.07) is 10.6. The molecule has 0 saturated carbocycles. The van der Waals surface area contributed by atoms with Crippen molar-refractivity contribution in [1.29, 1.82) is 0 Å². The quantitative estimate of drug-likeness (QED) is 0.624. The number of Topliss-reactive ketones (excluding diaryl/α,β-unsaturated/α-hetero) is 1. The summed E-state index contributed by atoms with van der Waals surface area (Å²) >= 11 is 0. The fourth-order valence-electron chi connectivity index (χ4n) is 3.41. The molecule has 0 spiro atoms. The van der Waals surface area contributed by atoms with E-state index in [1.807, 2.05) is 18.2 Å². The lowest BCUT2D eigenvalue weighted by atomic mass is 10.0. The molecule has 0 radical (unpaired) electrons. The van der Waals surface area contributed by atoms with E-state index in [1.54, 1.807) is 25.1 Å². The van der Waals surface area contributed by atoms with Crippen molar-refractivity contribution in [2.24, 2.45) is 0 Å². The molecule has 1 unspecified atom stereocenters. The highest BCUT2D eigenvalue weighted by Crippen LogP contribution is 2.31. The first-order valence-electron chi connectivity index (χ1n) is 8.88. The van der Waals surface area contributed by atoms with Gasteiger partial charge in [0, 0.05) is 5.56 Å². The van der Waals surface area contributed by atoms with Gasteiger partial charge >= 0.3 is 5.97 Å². The van der Waals surface area contributed by atoms with Gasteiger partial charge in [-0.05, 0) is 61.6 Å². The van der Waals surface area contributed by atoms with Gasteiger partial charge in [0.1, 0.15) is 13.2 Å². The highest BCUT2D eigenvalue weighted by molar-refractivity contribution is 6.01. The number of benzene rings is 2. The van der Waals surface area contributed by atoms with E-state index in [9.17, 15) is 9.59 Å². The van der Waals surface area contributed by atoms with Crippen LogP contribution in [0.5, 0.6) is 11.5 Å². The normalized spacial score (nSPS) is 15.9. The molecule has 4 rings (SSSR count). The molecule has 0 N–H and O–H groups in total. The SMILES string of the molecule is CC(OC(=O)c1ccc2c(c1)OCCO2)C(=O)c1ccc2c(c1)CCC2. The van der Waals surface area contributed by atoms with Crippen molar-refractivity contribution in [2.45, 2.75) is 32.3 Å². The van der Waals surface area contributed by atoms with Crippen molar-refractivity contribution in [3.8, 4) is 11.5 Å². The lowest BCUT2D eigenvalue weighted by Gasteiger charge is -2.19. The van der Waals surface area contributed by atoms with Crippen LogP contribution in [0.25, 0.3) is 0 Å². The van der Waals surface area contributed by atoms with Crippen LogP contribution in [0.2, 0.25) is 0 Å². The molecule has 2 aromatic rings. The van der Waals surface area contributed by atoms with E-state index in [0.717, 1.165) is 19.3 Å². The second-order valence-electron chi connectivity index (χ2n) is 6.61. The minimum absolute atomic E-state index is 0.189. The molecule has 134 valence electrons. The summed E-state index contributed by atoms with van der Waals surface area (Å²) in [6.07, 6.45) is 2.34. The number of carbonyl (C=O) groups is 2. The van der Waals surface area contributed by atoms with Crippen LogP contribution < -0.4 is 9.47 Å². The summed E-state index contributed by atoms with van der Waals surface area (Å²) in [7, 11) is 0. The van der Waals surface area contributed by atoms with Gasteiger partial charge < -0.3 is 14.2 Å². The minimum atomic E-state index is -0.852. The Bertz CT molecular complexity index is 871. The summed E-state index contributed by atoms with van der Waals surface area (Å²) in [4.78, 5) is 25.0. The first-order valence-corrected chi connectivity index (χ1v) is 8.88. The predicted molar refractivity (Wildman–Crippen MR) is 95.1 cm³/mol. The van der Waals surface area contributed by atoms with Crippen LogP contribution in [0.1, 0.15) is 45.2 Å². The molecule has 2 aromatic carbocycles. The van der Waals surface area contributed by atoms with Crippen LogP contribution in [0.3, 0.4) is 0 Å². The summed E-state index contributed by atoms with van der Waals surface area (Å²) in [5, 5.41) is 0. The highest BCUT2D eigenvalue weighted by atomic mass is 16.6. The van der Waals surface area contributed by atoms with Gasteiger partial charge in [-0.15, -0.1) is 0 Å². The molecule has 2 aliphatic rings. The zero-order valence-electron chi connectivity index (χ0n) is 14.6. The molecule has 1 atom stereocenters. The van der Waals surface area contributed by atoms with Crippen molar-refractivity contribution >= 4 is 11.8 Å². The fraction of sp³-hybridized carbons (Fsp3) is 0.333. The van der Waals surface area contributed by atoms with Crippen molar-refractivity contribution < 1.29 is 23.8 Å². The molecule has 5 heteroatoms. The second-order valence-corrected chi connectivity index (χ2v) is 6.61. The Labute approximate surface area is 151 Å². The number of fused-ring (bicyclic) bond motifs is 2. The van der Waals surface area contributed by atoms with E-state index in [-0.39, 0.29) is 5.78 Å². The maximum atomic E-state index is 12.6. The average Bonchev–Trinajstić information content (AvgIpc) is 3.14. The zero-order chi connectivity index (χ0) is 18.1. The van der Waals surface area contributed by atoms with E-state index < -0.39 is 12.1 Å². The summed E-state index contributed by atoms with van der Waals surface area (Å²) in [6.45, 7) is 2.54. The van der Waals surface area contributed by atoms with E-state index in [4.69, 9.17) is 14.2 Å². The molecular formula is C21H20O5. The Morgan fingerprint density at radius 3 is 2.50 bits per heavy atom. The largest absolute Gasteiger partial charge is 0.486 e. The predicted octanol–water partition coefficient (Wildman–Crippen LogP) is 3.37. The topological polar surface area (TPSA) is 61.8 Å². The van der Waals surface area contributed by atoms with Gasteiger partial charge in [-0.1, -0.05) is 12.1 Å². The number of hydrogen-bond acceptors (Lipinski definition) is 5. The lowest BCUT2D eigenvalue weighted by molar-refractivity contribution is 0.0318. The Morgan fingerprint density at radius 1 is 0.923 bits per heavy atom. The minimum Gasteiger partial charge on any atom is -0.486 e. The number of esters is 1. The fourth-order valence-corrected chi connectivity index (χ4v) is 3.41. The monoisotopic (exact) mass is 352 g/mol. The van der Waals surface area contributed by atoms with Crippen LogP contribution in [0.15, 0.2) is 36.4 Å². The van der Waals surface area contributed by atoms with Crippen LogP contribution in [-0.4, -0.2) is 31.1 Å². The Balaban J connectivity index is 1.46. The molecule has 0 aromatic heterocycles. The summed E-state index contributed by atoms with van der Waals surface area (Å²) in [5.41, 5.74) is 3.46. The molecule has 1 aliphatic heterocycles. The van der Waals surface area contributed by atoms with E-state index in [2.05, 4.69) is 0 Å². The Morgan fingerprint density at radius 2 is 1.65 bits per heavy atom. The van der Waals surface area contributed by atoms with Crippen LogP contribution in [0.4, 0.5) is 0 Å². The molecule has 5 nitrogen and oxygen atoms in total. The third-order valence-electron chi connectivity index (χ3n) is 4.81. The van der Waals surface area contributed by atoms with Crippen LogP contribution >= 0.6 is 0 Å². The molecule has 1 aliphatic carbocycles. The Kier molecular flexibility index (Phi) is 4.37. The van der Waals surface area contributed by atoms with Crippen molar-refractivity contribution in [1.82, 2.24) is 0 Å². The summed E-state index contributed by atoms with van der Waals surface area (Å²) in [5.74, 6) is 0.382. The number of ether oxygens (including phenoxy) is 3. The van der Waals surface area contributed by atoms with Crippen LogP contribution in [-0.2, 0) is 17.6 Å². The number of rotatable bonds is 4. The first-order chi connectivity index (χ1) is 12.6. The molecule has 1 heterocycles. The van der Waals surface area contributed by atoms with Crippen LogP contribution in [0, 0.1) is 0 Å². The standard InChI is InChI=1S/C21H20O5/c1-13(20(22)16-6-5-14-3-2-4-15(14)11-16)26-21(23)17-7-8-18-19(12-17)25-10-9-24-18/h5-8,11-13H,2-4,9-10H2,1H3. The lowest BCUT2D eigenvalue weighted by Crippen LogP contribution is -2.24. The second kappa shape index (κ2) is 6.83. The van der Waals surface area contributed by atoms with Crippen molar-refractivity contribution in [2.75, 3.05) is 13.2 Å². The van der Waals surface area contributed by atoms with Gasteiger partial charge in [0.15, 0.2) is 17.6 Å². The number of ketones is 1. The third kappa shape index (κ3) is 3.17. The number of aryl methyl sites for hydroxylation is 2. The smallest absolute Gasteiger partial charge is 0.338 e.